The Labute approximate surface area is 143 Å². The standard InChI is InChI=1S/C19H28FN3O/c1-14-12-16(6-9-21-14)19(24)22-18-7-10-23(11-8-18)13-15-2-4-17(20)5-3-15/h2-5,14,16,18,21H,6-13H2,1H3,(H,22,24)/t14-,16-/m0/s1. The van der Waals surface area contributed by atoms with Crippen LogP contribution in [0, 0.1) is 11.7 Å². The number of rotatable bonds is 4. The molecule has 0 radical (unpaired) electrons. The molecule has 1 aromatic rings. The normalized spacial score (nSPS) is 26.2. The van der Waals surface area contributed by atoms with Gasteiger partial charge in [-0.2, -0.15) is 0 Å². The van der Waals surface area contributed by atoms with Crippen molar-refractivity contribution in [3.05, 3.63) is 35.6 Å². The van der Waals surface area contributed by atoms with Gasteiger partial charge in [0, 0.05) is 37.6 Å². The van der Waals surface area contributed by atoms with Gasteiger partial charge in [-0.1, -0.05) is 12.1 Å². The lowest BCUT2D eigenvalue weighted by molar-refractivity contribution is -0.127. The molecule has 0 aromatic heterocycles. The Hall–Kier alpha value is -1.46. The van der Waals surface area contributed by atoms with E-state index in [0.717, 1.165) is 57.4 Å². The number of nitrogens with zero attached hydrogens (tertiary/aromatic N) is 1. The molecule has 132 valence electrons. The number of nitrogens with one attached hydrogen (secondary N) is 2. The van der Waals surface area contributed by atoms with Gasteiger partial charge in [-0.05, 0) is 56.8 Å². The number of halogens is 1. The van der Waals surface area contributed by atoms with Crippen molar-refractivity contribution in [2.45, 2.75) is 51.2 Å². The van der Waals surface area contributed by atoms with Gasteiger partial charge in [0.15, 0.2) is 0 Å². The van der Waals surface area contributed by atoms with Gasteiger partial charge in [0.1, 0.15) is 5.82 Å². The summed E-state index contributed by atoms with van der Waals surface area (Å²) in [6.45, 7) is 5.89. The number of hydrogen-bond acceptors (Lipinski definition) is 3. The van der Waals surface area contributed by atoms with Crippen LogP contribution in [0.3, 0.4) is 0 Å². The highest BCUT2D eigenvalue weighted by Gasteiger charge is 2.27. The van der Waals surface area contributed by atoms with E-state index >= 15 is 0 Å². The first kappa shape index (κ1) is 17.4. The van der Waals surface area contributed by atoms with Gasteiger partial charge in [-0.15, -0.1) is 0 Å². The number of hydrogen-bond donors (Lipinski definition) is 2. The highest BCUT2D eigenvalue weighted by atomic mass is 19.1. The molecule has 4 nitrogen and oxygen atoms in total. The molecule has 1 amide bonds. The minimum Gasteiger partial charge on any atom is -0.353 e. The van der Waals surface area contributed by atoms with Crippen LogP contribution in [0.15, 0.2) is 24.3 Å². The quantitative estimate of drug-likeness (QED) is 0.889. The van der Waals surface area contributed by atoms with Crippen LogP contribution in [0.1, 0.15) is 38.2 Å². The van der Waals surface area contributed by atoms with Gasteiger partial charge in [0.2, 0.25) is 5.91 Å². The van der Waals surface area contributed by atoms with Crippen LogP contribution >= 0.6 is 0 Å². The molecule has 2 heterocycles. The Balaban J connectivity index is 1.41. The molecule has 0 saturated carbocycles. The molecule has 0 spiro atoms. The minimum absolute atomic E-state index is 0.165. The van der Waals surface area contributed by atoms with Crippen LogP contribution in [0.2, 0.25) is 0 Å². The summed E-state index contributed by atoms with van der Waals surface area (Å²) in [5.74, 6) is 0.214. The van der Waals surface area contributed by atoms with Crippen LogP contribution in [0.25, 0.3) is 0 Å². The molecule has 3 rings (SSSR count). The van der Waals surface area contributed by atoms with Gasteiger partial charge in [-0.3, -0.25) is 9.69 Å². The van der Waals surface area contributed by atoms with Crippen LogP contribution < -0.4 is 10.6 Å². The predicted molar refractivity (Wildman–Crippen MR) is 93.0 cm³/mol. The summed E-state index contributed by atoms with van der Waals surface area (Å²) in [6, 6.07) is 7.47. The highest BCUT2D eigenvalue weighted by molar-refractivity contribution is 5.79. The van der Waals surface area contributed by atoms with E-state index in [4.69, 9.17) is 0 Å². The third-order valence-corrected chi connectivity index (χ3v) is 5.25. The lowest BCUT2D eigenvalue weighted by Gasteiger charge is -2.34. The van der Waals surface area contributed by atoms with Gasteiger partial charge >= 0.3 is 0 Å². The number of carbonyl (C=O) groups is 1. The maximum atomic E-state index is 13.0. The average Bonchev–Trinajstić information content (AvgIpc) is 2.59. The first-order chi connectivity index (χ1) is 11.6. The summed E-state index contributed by atoms with van der Waals surface area (Å²) in [7, 11) is 0. The van der Waals surface area contributed by atoms with Crippen molar-refractivity contribution in [3.63, 3.8) is 0 Å². The molecule has 2 aliphatic rings. The minimum atomic E-state index is -0.188. The Kier molecular flexibility index (Phi) is 5.85. The fourth-order valence-electron chi connectivity index (χ4n) is 3.77. The van der Waals surface area contributed by atoms with E-state index in [2.05, 4.69) is 22.5 Å². The second-order valence-corrected chi connectivity index (χ2v) is 7.26. The fraction of sp³-hybridized carbons (Fsp3) is 0.632. The second-order valence-electron chi connectivity index (χ2n) is 7.26. The molecule has 0 unspecified atom stereocenters. The molecule has 0 bridgehead atoms. The van der Waals surface area contributed by atoms with Gasteiger partial charge < -0.3 is 10.6 Å². The molecule has 0 aliphatic carbocycles. The summed E-state index contributed by atoms with van der Waals surface area (Å²) in [5, 5.41) is 6.65. The molecule has 24 heavy (non-hydrogen) atoms. The second kappa shape index (κ2) is 8.08. The van der Waals surface area contributed by atoms with E-state index in [1.54, 1.807) is 0 Å². The van der Waals surface area contributed by atoms with Crippen LogP contribution in [0.4, 0.5) is 4.39 Å². The molecule has 2 aliphatic heterocycles. The van der Waals surface area contributed by atoms with Gasteiger partial charge in [-0.25, -0.2) is 4.39 Å². The zero-order chi connectivity index (χ0) is 16.9. The van der Waals surface area contributed by atoms with E-state index in [0.29, 0.717) is 12.1 Å². The molecular formula is C19H28FN3O. The number of likely N-dealkylation sites (tertiary alicyclic amines) is 1. The molecule has 5 heteroatoms. The Bertz CT molecular complexity index is 540. The molecular weight excluding hydrogens is 305 g/mol. The Morgan fingerprint density at radius 2 is 1.96 bits per heavy atom. The van der Waals surface area contributed by atoms with Crippen molar-refractivity contribution in [1.29, 1.82) is 0 Å². The number of carbonyl (C=O) groups excluding carboxylic acids is 1. The van der Waals surface area contributed by atoms with Crippen LogP contribution in [-0.2, 0) is 11.3 Å². The van der Waals surface area contributed by atoms with Crippen molar-refractivity contribution in [3.8, 4) is 0 Å². The summed E-state index contributed by atoms with van der Waals surface area (Å²) in [6.07, 6.45) is 3.87. The largest absolute Gasteiger partial charge is 0.353 e. The van der Waals surface area contributed by atoms with E-state index in [1.165, 1.54) is 12.1 Å². The van der Waals surface area contributed by atoms with Crippen LogP contribution in [-0.4, -0.2) is 42.5 Å². The van der Waals surface area contributed by atoms with Crippen molar-refractivity contribution in [2.75, 3.05) is 19.6 Å². The third kappa shape index (κ3) is 4.77. The highest BCUT2D eigenvalue weighted by Crippen LogP contribution is 2.19. The van der Waals surface area contributed by atoms with Crippen molar-refractivity contribution < 1.29 is 9.18 Å². The van der Waals surface area contributed by atoms with Gasteiger partial charge in [0.05, 0.1) is 0 Å². The number of benzene rings is 1. The summed E-state index contributed by atoms with van der Waals surface area (Å²) < 4.78 is 13.0. The van der Waals surface area contributed by atoms with Crippen molar-refractivity contribution >= 4 is 5.91 Å². The van der Waals surface area contributed by atoms with Crippen LogP contribution in [0.5, 0.6) is 0 Å². The lowest BCUT2D eigenvalue weighted by Crippen LogP contribution is -2.48. The monoisotopic (exact) mass is 333 g/mol. The smallest absolute Gasteiger partial charge is 0.223 e. The molecule has 2 fully saturated rings. The molecule has 1 aromatic carbocycles. The summed E-state index contributed by atoms with van der Waals surface area (Å²) in [4.78, 5) is 14.8. The van der Waals surface area contributed by atoms with E-state index in [1.807, 2.05) is 12.1 Å². The summed E-state index contributed by atoms with van der Waals surface area (Å²) >= 11 is 0. The topological polar surface area (TPSA) is 44.4 Å². The SMILES string of the molecule is C[C@H]1C[C@@H](C(=O)NC2CCN(Cc3ccc(F)cc3)CC2)CCN1. The zero-order valence-electron chi connectivity index (χ0n) is 14.4. The van der Waals surface area contributed by atoms with E-state index < -0.39 is 0 Å². The first-order valence-corrected chi connectivity index (χ1v) is 9.10. The van der Waals surface area contributed by atoms with E-state index in [-0.39, 0.29) is 17.6 Å². The fourth-order valence-corrected chi connectivity index (χ4v) is 3.77. The predicted octanol–water partition coefficient (Wildman–Crippen LogP) is 2.29. The van der Waals surface area contributed by atoms with Crippen molar-refractivity contribution in [2.24, 2.45) is 5.92 Å². The van der Waals surface area contributed by atoms with Crippen molar-refractivity contribution in [1.82, 2.24) is 15.5 Å². The first-order valence-electron chi connectivity index (χ1n) is 9.10. The molecule has 2 atom stereocenters. The maximum absolute atomic E-state index is 13.0. The van der Waals surface area contributed by atoms with E-state index in [9.17, 15) is 9.18 Å². The zero-order valence-corrected chi connectivity index (χ0v) is 14.4. The molecule has 2 saturated heterocycles. The Morgan fingerprint density at radius 3 is 2.62 bits per heavy atom. The molecule has 2 N–H and O–H groups in total. The maximum Gasteiger partial charge on any atom is 0.223 e. The number of amides is 1. The lowest BCUT2D eigenvalue weighted by atomic mass is 9.91. The van der Waals surface area contributed by atoms with Gasteiger partial charge in [0.25, 0.3) is 0 Å². The number of piperidine rings is 2. The summed E-state index contributed by atoms with van der Waals surface area (Å²) in [5.41, 5.74) is 1.14. The average molecular weight is 333 g/mol. The third-order valence-electron chi connectivity index (χ3n) is 5.25. The Morgan fingerprint density at radius 1 is 1.25 bits per heavy atom.